The zero-order valence-electron chi connectivity index (χ0n) is 46.1. The molecule has 410 valence electrons. The lowest BCUT2D eigenvalue weighted by Crippen LogP contribution is -2.46. The highest BCUT2D eigenvalue weighted by Gasteiger charge is 2.50. The second-order valence-corrected chi connectivity index (χ2v) is 35.6. The minimum atomic E-state index is -2.27. The molecular formula is C62H62Cl2N6O8Si2. The number of aromatic nitrogens is 4. The van der Waals surface area contributed by atoms with Crippen LogP contribution >= 0.6 is 23.2 Å². The molecule has 0 saturated heterocycles. The van der Waals surface area contributed by atoms with E-state index in [0.29, 0.717) is 66.0 Å². The van der Waals surface area contributed by atoms with Gasteiger partial charge in [0, 0.05) is 70.6 Å². The number of hydrogen-bond acceptors (Lipinski definition) is 8. The summed E-state index contributed by atoms with van der Waals surface area (Å²) < 4.78 is 17.7. The second kappa shape index (κ2) is 17.9. The first-order valence-electron chi connectivity index (χ1n) is 27.3. The monoisotopic (exact) mass is 1140 g/mol. The van der Waals surface area contributed by atoms with Gasteiger partial charge in [-0.25, -0.2) is 0 Å². The summed E-state index contributed by atoms with van der Waals surface area (Å²) in [4.78, 5) is 60.2. The van der Waals surface area contributed by atoms with E-state index in [4.69, 9.17) is 32.1 Å². The van der Waals surface area contributed by atoms with Crippen LogP contribution in [-0.2, 0) is 8.85 Å². The number of aliphatic hydroxyl groups excluding tert-OH is 2. The number of benzene rings is 6. The van der Waals surface area contributed by atoms with E-state index in [1.165, 1.54) is 0 Å². The molecule has 6 atom stereocenters. The van der Waals surface area contributed by atoms with Crippen LogP contribution in [0.25, 0.3) is 87.2 Å². The minimum absolute atomic E-state index is 0.0000781. The average molecular weight is 1150 g/mol. The van der Waals surface area contributed by atoms with Crippen LogP contribution in [0.2, 0.25) is 46.3 Å². The fraction of sp³-hybridized carbons (Fsp3) is 0.323. The third-order valence-corrected chi connectivity index (χ3v) is 27.9. The van der Waals surface area contributed by atoms with E-state index in [0.717, 1.165) is 66.3 Å². The Labute approximate surface area is 472 Å². The van der Waals surface area contributed by atoms with E-state index >= 15 is 0 Å². The first-order valence-corrected chi connectivity index (χ1v) is 33.8. The van der Waals surface area contributed by atoms with Gasteiger partial charge in [-0.2, -0.15) is 0 Å². The molecular weight excluding hydrogens is 1080 g/mol. The Morgan fingerprint density at radius 3 is 1.46 bits per heavy atom. The van der Waals surface area contributed by atoms with E-state index in [9.17, 15) is 29.4 Å². The Morgan fingerprint density at radius 1 is 0.537 bits per heavy atom. The van der Waals surface area contributed by atoms with Crippen LogP contribution in [0, 0.1) is 0 Å². The highest BCUT2D eigenvalue weighted by atomic mass is 35.5. The molecule has 6 heterocycles. The van der Waals surface area contributed by atoms with E-state index in [1.54, 1.807) is 6.07 Å². The van der Waals surface area contributed by atoms with E-state index < -0.39 is 52.8 Å². The van der Waals surface area contributed by atoms with Gasteiger partial charge in [-0.1, -0.05) is 125 Å². The summed E-state index contributed by atoms with van der Waals surface area (Å²) in [6, 6.07) is 26.2. The number of nitrogens with one attached hydrogen (secondary N) is 4. The van der Waals surface area contributed by atoms with Crippen molar-refractivity contribution < 1.29 is 38.2 Å². The molecule has 1 saturated carbocycles. The minimum Gasteiger partial charge on any atom is -0.411 e. The summed E-state index contributed by atoms with van der Waals surface area (Å²) in [6.45, 7) is 22.0. The highest BCUT2D eigenvalue weighted by molar-refractivity contribution is 6.74. The second-order valence-electron chi connectivity index (χ2n) is 25.2. The fourth-order valence-electron chi connectivity index (χ4n) is 12.7. The number of hydrogen-bond donors (Lipinski definition) is 6. The average Bonchev–Trinajstić information content (AvgIpc) is 4.45. The van der Waals surface area contributed by atoms with Crippen molar-refractivity contribution >= 4 is 151 Å². The topological polar surface area (TPSA) is 193 Å². The van der Waals surface area contributed by atoms with Crippen molar-refractivity contribution in [1.29, 1.82) is 0 Å². The first kappa shape index (κ1) is 52.7. The molecule has 6 aromatic carbocycles. The van der Waals surface area contributed by atoms with Crippen molar-refractivity contribution in [1.82, 2.24) is 29.7 Å². The molecule has 2 unspecified atom stereocenters. The number of rotatable bonds is 6. The summed E-state index contributed by atoms with van der Waals surface area (Å²) in [5.41, 5.74) is 8.05. The molecule has 0 spiro atoms. The fourth-order valence-corrected chi connectivity index (χ4v) is 15.6. The van der Waals surface area contributed by atoms with Gasteiger partial charge in [-0.05, 0) is 79.1 Å². The van der Waals surface area contributed by atoms with Crippen molar-refractivity contribution in [2.45, 2.75) is 127 Å². The molecule has 2 aliphatic carbocycles. The van der Waals surface area contributed by atoms with Gasteiger partial charge in [0.05, 0.1) is 79.6 Å². The van der Waals surface area contributed by atoms with Gasteiger partial charge in [-0.15, -0.1) is 0 Å². The van der Waals surface area contributed by atoms with Crippen LogP contribution in [0.3, 0.4) is 0 Å². The Bertz CT molecular complexity index is 4440. The summed E-state index contributed by atoms with van der Waals surface area (Å²) >= 11 is 13.1. The number of para-hydroxylation sites is 2. The maximum absolute atomic E-state index is 13.4. The zero-order chi connectivity index (χ0) is 56.6. The maximum atomic E-state index is 13.4. The van der Waals surface area contributed by atoms with Crippen LogP contribution < -0.4 is 10.6 Å². The number of aromatic amines is 2. The number of allylic oxidation sites excluding steroid dienone is 1. The number of halogens is 2. The van der Waals surface area contributed by atoms with E-state index in [-0.39, 0.29) is 34.0 Å². The summed E-state index contributed by atoms with van der Waals surface area (Å²) in [5, 5.41) is 35.3. The van der Waals surface area contributed by atoms with Crippen LogP contribution in [0.15, 0.2) is 97.1 Å². The van der Waals surface area contributed by atoms with Crippen LogP contribution in [-0.4, -0.2) is 94.0 Å². The van der Waals surface area contributed by atoms with Crippen molar-refractivity contribution in [2.24, 2.45) is 0 Å². The normalized spacial score (nSPS) is 21.6. The number of carbonyl (C=O) groups excluding carboxylic acids is 4. The molecule has 10 aromatic rings. The molecule has 14 rings (SSSR count). The number of nitrogens with zero attached hydrogens (tertiary/aromatic N) is 2. The SMILES string of the molecule is CC(C)(C)[Si](C)(C)O[C@@H]1C=CC(n2c3cc(Cl)ccc3c3c4c(c5c6ccccc6[nH]c5c32)C(=O)NC4=O)C1.CC(C)(C)[Si](C)(C)O[C@H]1CC(n2c3cc(Cl)ccc3c3c4c(c5c6ccccc6[nH]c5c32)C(=O)NC4=O)[C@H](O)[C@@H]1O. The number of H-pyrrole nitrogens is 2. The predicted molar refractivity (Wildman–Crippen MR) is 324 cm³/mol. The van der Waals surface area contributed by atoms with Gasteiger partial charge in [0.15, 0.2) is 16.6 Å². The molecule has 0 radical (unpaired) electrons. The molecule has 4 aliphatic rings. The lowest BCUT2D eigenvalue weighted by Gasteiger charge is -2.39. The largest absolute Gasteiger partial charge is 0.411 e. The van der Waals surface area contributed by atoms with Gasteiger partial charge in [0.25, 0.3) is 23.6 Å². The highest BCUT2D eigenvalue weighted by Crippen LogP contribution is 2.51. The third kappa shape index (κ3) is 7.70. The molecule has 1 fully saturated rings. The number of imide groups is 2. The van der Waals surface area contributed by atoms with Crippen molar-refractivity contribution in [3.8, 4) is 0 Å². The molecule has 0 bridgehead atoms. The van der Waals surface area contributed by atoms with E-state index in [1.807, 2.05) is 83.4 Å². The molecule has 6 N–H and O–H groups in total. The van der Waals surface area contributed by atoms with Gasteiger partial charge in [0.1, 0.15) is 12.2 Å². The van der Waals surface area contributed by atoms with Gasteiger partial charge >= 0.3 is 0 Å². The third-order valence-electron chi connectivity index (χ3n) is 18.5. The first-order chi connectivity index (χ1) is 37.8. The Balaban J connectivity index is 0.000000151. The number of fused-ring (bicyclic) bond motifs is 20. The lowest BCUT2D eigenvalue weighted by atomic mass is 9.96. The molecule has 80 heavy (non-hydrogen) atoms. The standard InChI is InChI=1S/C31H32ClN3O5Si.C31H30ClN3O3Si/c1-31(2,3)41(4,5)40-20-13-19(27(36)28(20)37)35-18-12-14(32)10-11-16(18)22-24-23(29(38)34-30(24)39)21-15-8-6-7-9-17(15)33-25(21)26(22)35;1-31(2,3)39(4,5)38-18-12-11-17(15-18)35-22-14-16(32)10-13-20(22)24-26-25(29(36)34-30(26)37)23-19-8-6-7-9-21(19)33-27(23)28(24)35/h6-12,19-20,27-28,33,36-37H,13H2,1-5H3,(H,34,38,39);6-14,17-18,33H,15H2,1-5H3,(H,34,36,37)/t19?,20-,27-,28+;17?,18-/m01/s1. The molecule has 4 amide bonds. The number of amides is 4. The smallest absolute Gasteiger partial charge is 0.259 e. The Kier molecular flexibility index (Phi) is 11.8. The lowest BCUT2D eigenvalue weighted by molar-refractivity contribution is -0.0199. The summed E-state index contributed by atoms with van der Waals surface area (Å²) in [6.07, 6.45) is 2.74. The predicted octanol–water partition coefficient (Wildman–Crippen LogP) is 13.9. The van der Waals surface area contributed by atoms with Crippen molar-refractivity contribution in [3.05, 3.63) is 129 Å². The molecule has 2 aliphatic heterocycles. The van der Waals surface area contributed by atoms with Crippen LogP contribution in [0.4, 0.5) is 0 Å². The van der Waals surface area contributed by atoms with Gasteiger partial charge in [-0.3, -0.25) is 29.8 Å². The summed E-state index contributed by atoms with van der Waals surface area (Å²) in [7, 11) is -4.24. The summed E-state index contributed by atoms with van der Waals surface area (Å²) in [5.74, 6) is -1.61. The molecule has 4 aromatic heterocycles. The number of aliphatic hydroxyl groups is 2. The van der Waals surface area contributed by atoms with Crippen molar-refractivity contribution in [3.63, 3.8) is 0 Å². The van der Waals surface area contributed by atoms with Crippen LogP contribution in [0.5, 0.6) is 0 Å². The zero-order valence-corrected chi connectivity index (χ0v) is 49.6. The van der Waals surface area contributed by atoms with Gasteiger partial charge < -0.3 is 38.2 Å². The Hall–Kier alpha value is -6.61. The van der Waals surface area contributed by atoms with Crippen molar-refractivity contribution in [2.75, 3.05) is 0 Å². The quantitative estimate of drug-likeness (QED) is 0.0538. The number of carbonyl (C=O) groups is 4. The maximum Gasteiger partial charge on any atom is 0.259 e. The molecule has 14 nitrogen and oxygen atoms in total. The van der Waals surface area contributed by atoms with Gasteiger partial charge in [0.2, 0.25) is 0 Å². The van der Waals surface area contributed by atoms with Crippen LogP contribution in [0.1, 0.15) is 108 Å². The van der Waals surface area contributed by atoms with E-state index in [2.05, 4.69) is 105 Å². The molecule has 18 heteroatoms. The Morgan fingerprint density at radius 2 is 0.975 bits per heavy atom.